The zero-order valence-electron chi connectivity index (χ0n) is 13.6. The molecule has 0 aliphatic heterocycles. The van der Waals surface area contributed by atoms with Crippen molar-refractivity contribution in [3.63, 3.8) is 0 Å². The summed E-state index contributed by atoms with van der Waals surface area (Å²) in [5, 5.41) is 11.6. The normalized spacial score (nSPS) is 11.8. The summed E-state index contributed by atoms with van der Waals surface area (Å²) in [6.07, 6.45) is 0.266. The van der Waals surface area contributed by atoms with Gasteiger partial charge in [-0.05, 0) is 41.7 Å². The molecule has 0 spiro atoms. The maximum atomic E-state index is 11.2. The number of hydrogen-bond acceptors (Lipinski definition) is 2. The van der Waals surface area contributed by atoms with Gasteiger partial charge in [0.05, 0.1) is 0 Å². The van der Waals surface area contributed by atoms with Gasteiger partial charge in [-0.2, -0.15) is 0 Å². The quantitative estimate of drug-likeness (QED) is 0.891. The highest BCUT2D eigenvalue weighted by Crippen LogP contribution is 2.27. The Labute approximate surface area is 136 Å². The van der Waals surface area contributed by atoms with Gasteiger partial charge in [-0.25, -0.2) is 4.79 Å². The van der Waals surface area contributed by atoms with Gasteiger partial charge < -0.3 is 10.4 Å². The van der Waals surface area contributed by atoms with E-state index in [0.717, 1.165) is 11.1 Å². The van der Waals surface area contributed by atoms with Gasteiger partial charge in [0.25, 0.3) is 0 Å². The molecule has 4 nitrogen and oxygen atoms in total. The summed E-state index contributed by atoms with van der Waals surface area (Å²) in [6.45, 7) is 5.47. The van der Waals surface area contributed by atoms with Gasteiger partial charge in [-0.1, -0.05) is 42.5 Å². The van der Waals surface area contributed by atoms with Crippen molar-refractivity contribution in [3.8, 4) is 11.1 Å². The van der Waals surface area contributed by atoms with Crippen LogP contribution in [0.15, 0.2) is 42.5 Å². The molecule has 0 saturated heterocycles. The third kappa shape index (κ3) is 4.19. The molecule has 1 atom stereocenters. The van der Waals surface area contributed by atoms with Crippen LogP contribution in [-0.2, 0) is 16.0 Å². The average Bonchev–Trinajstić information content (AvgIpc) is 2.47. The summed E-state index contributed by atoms with van der Waals surface area (Å²) >= 11 is 0. The molecule has 23 heavy (non-hydrogen) atoms. The van der Waals surface area contributed by atoms with Crippen LogP contribution in [0.25, 0.3) is 11.1 Å². The Hall–Kier alpha value is -2.62. The largest absolute Gasteiger partial charge is 0.480 e. The first kappa shape index (κ1) is 16.7. The van der Waals surface area contributed by atoms with Crippen LogP contribution in [0.1, 0.15) is 23.6 Å². The Kier molecular flexibility index (Phi) is 5.16. The van der Waals surface area contributed by atoms with E-state index in [1.54, 1.807) is 0 Å². The number of aliphatic carboxylic acids is 1. The highest BCUT2D eigenvalue weighted by Gasteiger charge is 2.18. The number of carbonyl (C=O) groups excluding carboxylic acids is 1. The molecule has 0 aliphatic rings. The molecule has 0 radical (unpaired) electrons. The number of carboxylic acids is 1. The Morgan fingerprint density at radius 3 is 2.09 bits per heavy atom. The summed E-state index contributed by atoms with van der Waals surface area (Å²) in [4.78, 5) is 22.3. The first-order chi connectivity index (χ1) is 10.9. The van der Waals surface area contributed by atoms with Crippen molar-refractivity contribution in [1.82, 2.24) is 5.32 Å². The molecule has 0 heterocycles. The van der Waals surface area contributed by atoms with Crippen LogP contribution in [0.3, 0.4) is 0 Å². The van der Waals surface area contributed by atoms with Gasteiger partial charge in [0.1, 0.15) is 6.04 Å². The number of carboxylic acid groups (broad SMARTS) is 1. The molecular weight excluding hydrogens is 290 g/mol. The van der Waals surface area contributed by atoms with Gasteiger partial charge in [0.15, 0.2) is 0 Å². The van der Waals surface area contributed by atoms with Crippen molar-refractivity contribution >= 4 is 11.9 Å². The van der Waals surface area contributed by atoms with Crippen LogP contribution >= 0.6 is 0 Å². The number of carbonyl (C=O) groups is 2. The predicted octanol–water partition coefficient (Wildman–Crippen LogP) is 3.10. The van der Waals surface area contributed by atoms with Gasteiger partial charge in [0, 0.05) is 13.3 Å². The SMILES string of the molecule is CC(=O)N[C@@H](Cc1ccc(-c2c(C)cccc2C)cc1)C(=O)O. The lowest BCUT2D eigenvalue weighted by Crippen LogP contribution is -2.41. The van der Waals surface area contributed by atoms with Crippen LogP contribution in [-0.4, -0.2) is 23.0 Å². The minimum Gasteiger partial charge on any atom is -0.480 e. The summed E-state index contributed by atoms with van der Waals surface area (Å²) in [7, 11) is 0. The van der Waals surface area contributed by atoms with Crippen molar-refractivity contribution in [3.05, 3.63) is 59.2 Å². The molecule has 0 aromatic heterocycles. The Morgan fingerprint density at radius 2 is 1.61 bits per heavy atom. The van der Waals surface area contributed by atoms with Crippen LogP contribution in [0.5, 0.6) is 0 Å². The molecule has 0 aliphatic carbocycles. The van der Waals surface area contributed by atoms with Crippen molar-refractivity contribution in [2.24, 2.45) is 0 Å². The Morgan fingerprint density at radius 1 is 1.04 bits per heavy atom. The third-order valence-electron chi connectivity index (χ3n) is 3.84. The van der Waals surface area contributed by atoms with Gasteiger partial charge in [-0.15, -0.1) is 0 Å². The molecule has 2 aromatic carbocycles. The average molecular weight is 311 g/mol. The fourth-order valence-corrected chi connectivity index (χ4v) is 2.76. The lowest BCUT2D eigenvalue weighted by Gasteiger charge is -2.14. The molecule has 0 saturated carbocycles. The molecule has 2 N–H and O–H groups in total. The first-order valence-corrected chi connectivity index (χ1v) is 7.54. The summed E-state index contributed by atoms with van der Waals surface area (Å²) < 4.78 is 0. The molecular formula is C19H21NO3. The van der Waals surface area contributed by atoms with Crippen LogP contribution < -0.4 is 5.32 Å². The monoisotopic (exact) mass is 311 g/mol. The van der Waals surface area contributed by atoms with Crippen LogP contribution in [0, 0.1) is 13.8 Å². The predicted molar refractivity (Wildman–Crippen MR) is 90.3 cm³/mol. The molecule has 4 heteroatoms. The lowest BCUT2D eigenvalue weighted by molar-refractivity contribution is -0.141. The number of rotatable bonds is 5. The lowest BCUT2D eigenvalue weighted by atomic mass is 9.94. The second-order valence-corrected chi connectivity index (χ2v) is 5.76. The smallest absolute Gasteiger partial charge is 0.326 e. The number of hydrogen-bond donors (Lipinski definition) is 2. The van der Waals surface area contributed by atoms with E-state index in [4.69, 9.17) is 0 Å². The second-order valence-electron chi connectivity index (χ2n) is 5.76. The highest BCUT2D eigenvalue weighted by molar-refractivity contribution is 5.82. The van der Waals surface area contributed by atoms with E-state index < -0.39 is 12.0 Å². The van der Waals surface area contributed by atoms with E-state index in [2.05, 4.69) is 31.3 Å². The molecule has 2 rings (SSSR count). The molecule has 0 bridgehead atoms. The van der Waals surface area contributed by atoms with Crippen molar-refractivity contribution in [2.45, 2.75) is 33.2 Å². The minimum atomic E-state index is -1.03. The third-order valence-corrected chi connectivity index (χ3v) is 3.84. The van der Waals surface area contributed by atoms with E-state index in [0.29, 0.717) is 0 Å². The van der Waals surface area contributed by atoms with E-state index in [-0.39, 0.29) is 12.3 Å². The fourth-order valence-electron chi connectivity index (χ4n) is 2.76. The van der Waals surface area contributed by atoms with Crippen LogP contribution in [0.4, 0.5) is 0 Å². The first-order valence-electron chi connectivity index (χ1n) is 7.54. The zero-order chi connectivity index (χ0) is 17.0. The van der Waals surface area contributed by atoms with E-state index in [1.165, 1.54) is 23.6 Å². The number of aryl methyl sites for hydroxylation is 2. The minimum absolute atomic E-state index is 0.266. The molecule has 120 valence electrons. The van der Waals surface area contributed by atoms with Crippen molar-refractivity contribution < 1.29 is 14.7 Å². The highest BCUT2D eigenvalue weighted by atomic mass is 16.4. The molecule has 2 aromatic rings. The number of amides is 1. The summed E-state index contributed by atoms with van der Waals surface area (Å²) in [5.41, 5.74) is 5.60. The number of nitrogens with one attached hydrogen (secondary N) is 1. The molecule has 1 amide bonds. The van der Waals surface area contributed by atoms with E-state index in [9.17, 15) is 14.7 Å². The maximum absolute atomic E-state index is 11.2. The Bertz CT molecular complexity index is 700. The second kappa shape index (κ2) is 7.09. The molecule has 0 fully saturated rings. The van der Waals surface area contributed by atoms with E-state index >= 15 is 0 Å². The topological polar surface area (TPSA) is 66.4 Å². The fraction of sp³-hybridized carbons (Fsp3) is 0.263. The van der Waals surface area contributed by atoms with Crippen molar-refractivity contribution in [2.75, 3.05) is 0 Å². The van der Waals surface area contributed by atoms with Crippen LogP contribution in [0.2, 0.25) is 0 Å². The maximum Gasteiger partial charge on any atom is 0.326 e. The number of benzene rings is 2. The van der Waals surface area contributed by atoms with Gasteiger partial charge in [-0.3, -0.25) is 4.79 Å². The zero-order valence-corrected chi connectivity index (χ0v) is 13.6. The standard InChI is InChI=1S/C19H21NO3/c1-12-5-4-6-13(2)18(12)16-9-7-15(8-10-16)11-17(19(22)23)20-14(3)21/h4-10,17H,11H2,1-3H3,(H,20,21)(H,22,23)/t17-/m0/s1. The summed E-state index contributed by atoms with van der Waals surface area (Å²) in [5.74, 6) is -1.37. The van der Waals surface area contributed by atoms with Crippen molar-refractivity contribution in [1.29, 1.82) is 0 Å². The Balaban J connectivity index is 2.22. The molecule has 0 unspecified atom stereocenters. The summed E-state index contributed by atoms with van der Waals surface area (Å²) in [6, 6.07) is 13.1. The van der Waals surface area contributed by atoms with E-state index in [1.807, 2.05) is 30.3 Å². The van der Waals surface area contributed by atoms with Gasteiger partial charge in [0.2, 0.25) is 5.91 Å². The van der Waals surface area contributed by atoms with Gasteiger partial charge >= 0.3 is 5.97 Å².